The largest absolute Gasteiger partial charge is 0.398 e. The number of aromatic nitrogens is 2. The average Bonchev–Trinajstić information content (AvgIpc) is 3.50. The van der Waals surface area contributed by atoms with Gasteiger partial charge in [-0.25, -0.2) is 4.98 Å². The second-order valence-electron chi connectivity index (χ2n) is 8.09. The van der Waals surface area contributed by atoms with Gasteiger partial charge in [-0.2, -0.15) is 0 Å². The molecule has 1 saturated heterocycles. The summed E-state index contributed by atoms with van der Waals surface area (Å²) in [4.78, 5) is 21.2. The Kier molecular flexibility index (Phi) is 6.03. The molecular weight excluding hydrogens is 420 g/mol. The van der Waals surface area contributed by atoms with Gasteiger partial charge in [-0.05, 0) is 52.9 Å². The first-order valence-electron chi connectivity index (χ1n) is 10.9. The molecule has 5 rings (SSSR count). The molecule has 2 N–H and O–H groups in total. The van der Waals surface area contributed by atoms with Crippen LogP contribution in [0.1, 0.15) is 15.9 Å². The van der Waals surface area contributed by atoms with E-state index in [4.69, 9.17) is 10.5 Å². The van der Waals surface area contributed by atoms with E-state index in [0.717, 1.165) is 61.6 Å². The fraction of sp³-hybridized carbons (Fsp3) is 0.280. The van der Waals surface area contributed by atoms with E-state index in [0.29, 0.717) is 11.3 Å². The molecule has 0 bridgehead atoms. The molecule has 1 aliphatic rings. The number of hydrogen-bond acceptors (Lipinski definition) is 6. The average molecular weight is 447 g/mol. The third-order valence-electron chi connectivity index (χ3n) is 6.00. The number of nitrogens with two attached hydrogens (primary N) is 1. The number of carbonyl (C=O) groups is 1. The van der Waals surface area contributed by atoms with Crippen LogP contribution in [0.25, 0.3) is 21.5 Å². The molecule has 1 fully saturated rings. The predicted octanol–water partition coefficient (Wildman–Crippen LogP) is 4.10. The van der Waals surface area contributed by atoms with E-state index >= 15 is 0 Å². The van der Waals surface area contributed by atoms with Gasteiger partial charge in [0.25, 0.3) is 0 Å². The van der Waals surface area contributed by atoms with Crippen LogP contribution in [0.15, 0.2) is 60.2 Å². The van der Waals surface area contributed by atoms with Crippen molar-refractivity contribution in [2.24, 2.45) is 0 Å². The van der Waals surface area contributed by atoms with Gasteiger partial charge in [0.1, 0.15) is 0 Å². The quantitative estimate of drug-likeness (QED) is 0.342. The second kappa shape index (κ2) is 9.24. The van der Waals surface area contributed by atoms with Crippen LogP contribution in [0.2, 0.25) is 0 Å². The Morgan fingerprint density at radius 1 is 1.09 bits per heavy atom. The highest BCUT2D eigenvalue weighted by atomic mass is 32.1. The molecule has 0 aliphatic carbocycles. The highest BCUT2D eigenvalue weighted by Gasteiger charge is 2.14. The maximum Gasteiger partial charge on any atom is 0.167 e. The van der Waals surface area contributed by atoms with Crippen molar-refractivity contribution in [3.05, 3.63) is 71.4 Å². The number of Topliss-reactive ketones (excluding diaryl/α,β-unsaturated/α-hetero) is 1. The Balaban J connectivity index is 1.34. The van der Waals surface area contributed by atoms with Crippen LogP contribution in [-0.2, 0) is 17.7 Å². The van der Waals surface area contributed by atoms with Crippen LogP contribution in [0.5, 0.6) is 0 Å². The Labute approximate surface area is 191 Å². The Morgan fingerprint density at radius 3 is 2.78 bits per heavy atom. The summed E-state index contributed by atoms with van der Waals surface area (Å²) < 4.78 is 7.56. The molecule has 7 heteroatoms. The van der Waals surface area contributed by atoms with E-state index in [9.17, 15) is 4.79 Å². The third kappa shape index (κ3) is 4.46. The lowest BCUT2D eigenvalue weighted by Crippen LogP contribution is -2.38. The first kappa shape index (κ1) is 20.9. The fourth-order valence-electron chi connectivity index (χ4n) is 4.11. The first-order valence-corrected chi connectivity index (χ1v) is 11.8. The van der Waals surface area contributed by atoms with Gasteiger partial charge in [-0.3, -0.25) is 9.69 Å². The molecule has 1 aliphatic heterocycles. The highest BCUT2D eigenvalue weighted by Crippen LogP contribution is 2.28. The lowest BCUT2D eigenvalue weighted by atomic mass is 9.99. The lowest BCUT2D eigenvalue weighted by Gasteiger charge is -2.26. The maximum absolute atomic E-state index is 13.1. The summed E-state index contributed by atoms with van der Waals surface area (Å²) in [6, 6.07) is 15.8. The maximum atomic E-state index is 13.1. The van der Waals surface area contributed by atoms with Crippen LogP contribution in [0.4, 0.5) is 5.69 Å². The summed E-state index contributed by atoms with van der Waals surface area (Å²) in [5.74, 6) is 0.0582. The van der Waals surface area contributed by atoms with E-state index in [1.54, 1.807) is 11.3 Å². The van der Waals surface area contributed by atoms with Gasteiger partial charge in [0.05, 0.1) is 30.6 Å². The summed E-state index contributed by atoms with van der Waals surface area (Å²) in [7, 11) is 0. The molecule has 0 saturated carbocycles. The Bertz CT molecular complexity index is 1230. The SMILES string of the molecule is Nc1ccc(-c2cccs2)cc1CC(=O)c1ccc2ncn(CCN3CCOCC3)c2c1. The number of nitrogen functional groups attached to an aromatic ring is 1. The minimum Gasteiger partial charge on any atom is -0.398 e. The third-order valence-corrected chi connectivity index (χ3v) is 6.92. The van der Waals surface area contributed by atoms with Gasteiger partial charge in [-0.1, -0.05) is 12.1 Å². The zero-order chi connectivity index (χ0) is 21.9. The van der Waals surface area contributed by atoms with Gasteiger partial charge >= 0.3 is 0 Å². The van der Waals surface area contributed by atoms with Crippen LogP contribution < -0.4 is 5.73 Å². The second-order valence-corrected chi connectivity index (χ2v) is 9.03. The number of imidazole rings is 1. The number of benzene rings is 2. The monoisotopic (exact) mass is 446 g/mol. The molecule has 32 heavy (non-hydrogen) atoms. The Hall–Kier alpha value is -3.00. The molecule has 2 aromatic carbocycles. The number of rotatable bonds is 7. The van der Waals surface area contributed by atoms with Crippen molar-refractivity contribution in [2.45, 2.75) is 13.0 Å². The van der Waals surface area contributed by atoms with Crippen molar-refractivity contribution >= 4 is 33.8 Å². The molecule has 0 radical (unpaired) electrons. The smallest absolute Gasteiger partial charge is 0.167 e. The number of nitrogens with zero attached hydrogens (tertiary/aromatic N) is 3. The summed E-state index contributed by atoms with van der Waals surface area (Å²) in [6.45, 7) is 5.29. The molecule has 0 unspecified atom stereocenters. The van der Waals surface area contributed by atoms with Crippen molar-refractivity contribution in [1.82, 2.24) is 14.5 Å². The number of anilines is 1. The zero-order valence-electron chi connectivity index (χ0n) is 17.9. The number of hydrogen-bond donors (Lipinski definition) is 1. The number of ether oxygens (including phenoxy) is 1. The molecule has 0 spiro atoms. The fourth-order valence-corrected chi connectivity index (χ4v) is 4.84. The molecule has 0 amide bonds. The lowest BCUT2D eigenvalue weighted by molar-refractivity contribution is 0.0365. The summed E-state index contributed by atoms with van der Waals surface area (Å²) in [5, 5.41) is 2.05. The topological polar surface area (TPSA) is 73.4 Å². The van der Waals surface area contributed by atoms with Crippen molar-refractivity contribution in [2.75, 3.05) is 38.6 Å². The summed E-state index contributed by atoms with van der Waals surface area (Å²) in [5.41, 5.74) is 11.4. The number of ketones is 1. The van der Waals surface area contributed by atoms with Crippen molar-refractivity contribution in [3.8, 4) is 10.4 Å². The normalized spacial score (nSPS) is 14.8. The van der Waals surface area contributed by atoms with E-state index in [2.05, 4.69) is 20.5 Å². The molecule has 0 atom stereocenters. The van der Waals surface area contributed by atoms with Crippen molar-refractivity contribution in [3.63, 3.8) is 0 Å². The summed E-state index contributed by atoms with van der Waals surface area (Å²) >= 11 is 1.68. The van der Waals surface area contributed by atoms with Crippen LogP contribution >= 0.6 is 11.3 Å². The Morgan fingerprint density at radius 2 is 1.97 bits per heavy atom. The molecule has 4 aromatic rings. The minimum absolute atomic E-state index is 0.0582. The standard InChI is InChI=1S/C25H26N4O2S/c26-21-5-3-19(25-2-1-13-32-25)14-20(21)16-24(30)18-4-6-22-23(15-18)29(17-27-22)8-7-28-9-11-31-12-10-28/h1-6,13-15,17H,7-12,16,26H2. The number of thiophene rings is 1. The minimum atomic E-state index is 0.0582. The van der Waals surface area contributed by atoms with Gasteiger partial charge < -0.3 is 15.0 Å². The highest BCUT2D eigenvalue weighted by molar-refractivity contribution is 7.13. The van der Waals surface area contributed by atoms with Gasteiger partial charge in [0.2, 0.25) is 0 Å². The van der Waals surface area contributed by atoms with E-state index in [1.165, 1.54) is 4.88 Å². The molecule has 3 heterocycles. The number of carbonyl (C=O) groups excluding carboxylic acids is 1. The molecular formula is C25H26N4O2S. The van der Waals surface area contributed by atoms with E-state index in [1.807, 2.05) is 54.2 Å². The zero-order valence-corrected chi connectivity index (χ0v) is 18.7. The van der Waals surface area contributed by atoms with Gasteiger partial charge in [0.15, 0.2) is 5.78 Å². The number of fused-ring (bicyclic) bond motifs is 1. The van der Waals surface area contributed by atoms with Gasteiger partial charge in [-0.15, -0.1) is 11.3 Å². The number of morpholine rings is 1. The van der Waals surface area contributed by atoms with E-state index < -0.39 is 0 Å². The first-order chi connectivity index (χ1) is 15.7. The van der Waals surface area contributed by atoms with Crippen LogP contribution in [-0.4, -0.2) is 53.1 Å². The van der Waals surface area contributed by atoms with Gasteiger partial charge in [0, 0.05) is 48.7 Å². The molecule has 6 nitrogen and oxygen atoms in total. The van der Waals surface area contributed by atoms with E-state index in [-0.39, 0.29) is 12.2 Å². The summed E-state index contributed by atoms with van der Waals surface area (Å²) in [6.07, 6.45) is 2.14. The van der Waals surface area contributed by atoms with Crippen LogP contribution in [0, 0.1) is 0 Å². The molecule has 164 valence electrons. The van der Waals surface area contributed by atoms with Crippen LogP contribution in [0.3, 0.4) is 0 Å². The van der Waals surface area contributed by atoms with Crippen molar-refractivity contribution < 1.29 is 9.53 Å². The van der Waals surface area contributed by atoms with Crippen molar-refractivity contribution in [1.29, 1.82) is 0 Å². The predicted molar refractivity (Wildman–Crippen MR) is 129 cm³/mol. The molecule has 2 aromatic heterocycles.